The van der Waals surface area contributed by atoms with E-state index >= 15 is 0 Å². The maximum atomic E-state index is 14.5. The summed E-state index contributed by atoms with van der Waals surface area (Å²) >= 11 is 1.52. The van der Waals surface area contributed by atoms with E-state index in [1.54, 1.807) is 18.2 Å². The van der Waals surface area contributed by atoms with Crippen LogP contribution in [0.3, 0.4) is 0 Å². The summed E-state index contributed by atoms with van der Waals surface area (Å²) in [5, 5.41) is 14.2. The van der Waals surface area contributed by atoms with Crippen LogP contribution in [-0.4, -0.2) is 40.4 Å². The smallest absolute Gasteiger partial charge is 0.335 e. The molecule has 3 aliphatic rings. The maximum Gasteiger partial charge on any atom is 0.335 e. The van der Waals surface area contributed by atoms with Crippen LogP contribution in [0.15, 0.2) is 40.9 Å². The van der Waals surface area contributed by atoms with Gasteiger partial charge in [-0.2, -0.15) is 0 Å². The fourth-order valence-corrected chi connectivity index (χ4v) is 6.92. The highest BCUT2D eigenvalue weighted by molar-refractivity contribution is 7.22. The molecule has 3 heterocycles. The number of fused-ring (bicyclic) bond motifs is 1. The molecule has 1 aliphatic heterocycles. The van der Waals surface area contributed by atoms with Crippen molar-refractivity contribution in [1.29, 1.82) is 0 Å². The van der Waals surface area contributed by atoms with E-state index in [-0.39, 0.29) is 40.9 Å². The van der Waals surface area contributed by atoms with Crippen molar-refractivity contribution in [3.63, 3.8) is 0 Å². The molecule has 0 atom stereocenters. The van der Waals surface area contributed by atoms with Crippen LogP contribution >= 0.6 is 11.3 Å². The van der Waals surface area contributed by atoms with E-state index in [0.717, 1.165) is 60.5 Å². The summed E-state index contributed by atoms with van der Waals surface area (Å²) in [6.07, 6.45) is 4.87. The molecule has 1 N–H and O–H groups in total. The van der Waals surface area contributed by atoms with Gasteiger partial charge in [0.25, 0.3) is 0 Å². The molecule has 2 saturated carbocycles. The third-order valence-electron chi connectivity index (χ3n) is 8.08. The molecule has 7 rings (SSSR count). The fraction of sp³-hybridized carbons (Fsp3) is 0.393. The lowest BCUT2D eigenvalue weighted by Crippen LogP contribution is -2.44. The normalized spacial score (nSPS) is 22.9. The van der Waals surface area contributed by atoms with Gasteiger partial charge in [-0.25, -0.2) is 18.6 Å². The van der Waals surface area contributed by atoms with Crippen LogP contribution in [0.25, 0.3) is 21.5 Å². The Morgan fingerprint density at radius 3 is 2.74 bits per heavy atom. The second-order valence-electron chi connectivity index (χ2n) is 10.7. The SMILES string of the molecule is O=C(O)c1ccc2nc(N3CCC4(CC(OCc5c(-c6c(F)cccc6F)noc5C5CC5)C4)C3)sc2c1. The maximum absolute atomic E-state index is 14.5. The third kappa shape index (κ3) is 4.06. The Labute approximate surface area is 221 Å². The highest BCUT2D eigenvalue weighted by Crippen LogP contribution is 2.52. The van der Waals surface area contributed by atoms with Crippen LogP contribution in [0.1, 0.15) is 59.7 Å². The second-order valence-corrected chi connectivity index (χ2v) is 11.8. The van der Waals surface area contributed by atoms with Crippen molar-refractivity contribution in [2.24, 2.45) is 5.41 Å². The predicted molar refractivity (Wildman–Crippen MR) is 137 cm³/mol. The minimum Gasteiger partial charge on any atom is -0.478 e. The number of anilines is 1. The largest absolute Gasteiger partial charge is 0.478 e. The number of hydrogen-bond acceptors (Lipinski definition) is 7. The van der Waals surface area contributed by atoms with Gasteiger partial charge in [-0.15, -0.1) is 0 Å². The zero-order valence-electron chi connectivity index (χ0n) is 20.5. The van der Waals surface area contributed by atoms with Crippen molar-refractivity contribution in [2.75, 3.05) is 18.0 Å². The molecule has 38 heavy (non-hydrogen) atoms. The zero-order chi connectivity index (χ0) is 26.0. The summed E-state index contributed by atoms with van der Waals surface area (Å²) in [5.41, 5.74) is 1.93. The number of nitrogens with zero attached hydrogens (tertiary/aromatic N) is 3. The van der Waals surface area contributed by atoms with Gasteiger partial charge in [0, 0.05) is 24.6 Å². The highest BCUT2D eigenvalue weighted by atomic mass is 32.1. The molecule has 2 aromatic carbocycles. The third-order valence-corrected chi connectivity index (χ3v) is 9.16. The first kappa shape index (κ1) is 23.7. The minimum atomic E-state index is -0.941. The van der Waals surface area contributed by atoms with Gasteiger partial charge < -0.3 is 19.3 Å². The highest BCUT2D eigenvalue weighted by Gasteiger charge is 2.49. The summed E-state index contributed by atoms with van der Waals surface area (Å²) in [7, 11) is 0. The van der Waals surface area contributed by atoms with E-state index in [1.165, 1.54) is 29.5 Å². The van der Waals surface area contributed by atoms with Crippen molar-refractivity contribution >= 4 is 32.7 Å². The number of benzene rings is 2. The second kappa shape index (κ2) is 8.84. The molecule has 0 unspecified atom stereocenters. The first-order valence-corrected chi connectivity index (χ1v) is 13.6. The monoisotopic (exact) mass is 537 g/mol. The van der Waals surface area contributed by atoms with Gasteiger partial charge in [0.15, 0.2) is 5.13 Å². The molecule has 1 spiro atoms. The number of ether oxygens (including phenoxy) is 1. The molecule has 10 heteroatoms. The van der Waals surface area contributed by atoms with Crippen LogP contribution < -0.4 is 4.90 Å². The number of hydrogen-bond donors (Lipinski definition) is 1. The Balaban J connectivity index is 1.03. The van der Waals surface area contributed by atoms with Gasteiger partial charge >= 0.3 is 5.97 Å². The molecule has 4 aromatic rings. The Morgan fingerprint density at radius 2 is 2.00 bits per heavy atom. The lowest BCUT2D eigenvalue weighted by molar-refractivity contribution is -0.0796. The molecule has 2 aliphatic carbocycles. The molecule has 0 amide bonds. The minimum absolute atomic E-state index is 0.0590. The van der Waals surface area contributed by atoms with Gasteiger partial charge in [-0.3, -0.25) is 0 Å². The number of aromatic carboxylic acids is 1. The van der Waals surface area contributed by atoms with E-state index in [1.807, 2.05) is 0 Å². The Kier molecular flexibility index (Phi) is 5.52. The fourth-order valence-electron chi connectivity index (χ4n) is 5.89. The predicted octanol–water partition coefficient (Wildman–Crippen LogP) is 6.38. The van der Waals surface area contributed by atoms with E-state index < -0.39 is 17.6 Å². The number of carboxylic acids is 1. The lowest BCUT2D eigenvalue weighted by atomic mass is 9.66. The van der Waals surface area contributed by atoms with Crippen LogP contribution in [0.2, 0.25) is 0 Å². The van der Waals surface area contributed by atoms with Crippen LogP contribution in [0.5, 0.6) is 0 Å². The first-order valence-electron chi connectivity index (χ1n) is 12.8. The summed E-state index contributed by atoms with van der Waals surface area (Å²) < 4.78 is 41.7. The van der Waals surface area contributed by atoms with Crippen molar-refractivity contribution < 1.29 is 27.9 Å². The van der Waals surface area contributed by atoms with Gasteiger partial charge in [-0.05, 0) is 67.9 Å². The van der Waals surface area contributed by atoms with Crippen molar-refractivity contribution in [3.8, 4) is 11.3 Å². The number of aromatic nitrogens is 2. The van der Waals surface area contributed by atoms with Crippen LogP contribution in [-0.2, 0) is 11.3 Å². The number of thiazole rings is 1. The molecule has 7 nitrogen and oxygen atoms in total. The van der Waals surface area contributed by atoms with Crippen LogP contribution in [0, 0.1) is 17.0 Å². The number of carboxylic acid groups (broad SMARTS) is 1. The molecule has 2 aromatic heterocycles. The zero-order valence-corrected chi connectivity index (χ0v) is 21.3. The average molecular weight is 538 g/mol. The molecule has 3 fully saturated rings. The quantitative estimate of drug-likeness (QED) is 0.293. The molecule has 196 valence electrons. The van der Waals surface area contributed by atoms with Gasteiger partial charge in [0.1, 0.15) is 23.1 Å². The molecular weight excluding hydrogens is 512 g/mol. The standard InChI is InChI=1S/C28H25F2N3O4S/c29-19-2-1-3-20(30)23(19)24-18(25(37-32-24)15-4-5-15)13-36-17-11-28(12-17)8-9-33(14-28)27-31-21-7-6-16(26(34)35)10-22(21)38-27/h1-3,6-7,10,15,17H,4-5,8-9,11-14H2,(H,34,35). The van der Waals surface area contributed by atoms with Crippen molar-refractivity contribution in [2.45, 2.75) is 50.7 Å². The van der Waals surface area contributed by atoms with Gasteiger partial charge in [0.2, 0.25) is 0 Å². The average Bonchev–Trinajstić information content (AvgIpc) is 3.29. The Bertz CT molecular complexity index is 1540. The van der Waals surface area contributed by atoms with E-state index in [4.69, 9.17) is 14.2 Å². The molecule has 0 radical (unpaired) electrons. The number of carbonyl (C=O) groups is 1. The summed E-state index contributed by atoms with van der Waals surface area (Å²) in [4.78, 5) is 18.3. The van der Waals surface area contributed by atoms with Crippen molar-refractivity contribution in [1.82, 2.24) is 10.1 Å². The molecule has 0 bridgehead atoms. The number of rotatable bonds is 7. The van der Waals surface area contributed by atoms with E-state index in [9.17, 15) is 18.7 Å². The van der Waals surface area contributed by atoms with Crippen molar-refractivity contribution in [3.05, 3.63) is 64.9 Å². The first-order chi connectivity index (χ1) is 18.4. The molecular formula is C28H25F2N3O4S. The number of halogens is 2. The summed E-state index contributed by atoms with van der Waals surface area (Å²) in [5.74, 6) is -1.34. The Hall–Kier alpha value is -3.37. The summed E-state index contributed by atoms with van der Waals surface area (Å²) in [6, 6.07) is 8.83. The van der Waals surface area contributed by atoms with Gasteiger partial charge in [0.05, 0.1) is 34.1 Å². The molecule has 1 saturated heterocycles. The lowest BCUT2D eigenvalue weighted by Gasteiger charge is -2.44. The van der Waals surface area contributed by atoms with Gasteiger partial charge in [-0.1, -0.05) is 22.6 Å². The Morgan fingerprint density at radius 1 is 1.21 bits per heavy atom. The van der Waals surface area contributed by atoms with E-state index in [2.05, 4.69) is 10.1 Å². The van der Waals surface area contributed by atoms with E-state index in [0.29, 0.717) is 11.3 Å². The van der Waals surface area contributed by atoms with Crippen LogP contribution in [0.4, 0.5) is 13.9 Å². The summed E-state index contributed by atoms with van der Waals surface area (Å²) in [6.45, 7) is 1.99. The topological polar surface area (TPSA) is 88.7 Å².